The van der Waals surface area contributed by atoms with E-state index in [4.69, 9.17) is 5.73 Å². The third kappa shape index (κ3) is 4.20. The molecule has 0 amide bonds. The zero-order valence-electron chi connectivity index (χ0n) is 14.7. The highest BCUT2D eigenvalue weighted by molar-refractivity contribution is 5.58. The van der Waals surface area contributed by atoms with Gasteiger partial charge in [-0.3, -0.25) is 4.90 Å². The minimum atomic E-state index is 0.259. The molecule has 1 aliphatic heterocycles. The molecule has 0 radical (unpaired) electrons. The number of benzene rings is 1. The first-order valence-corrected chi connectivity index (χ1v) is 8.55. The number of aryl methyl sites for hydroxylation is 1. The average molecular weight is 326 g/mol. The van der Waals surface area contributed by atoms with Crippen LogP contribution >= 0.6 is 0 Å². The van der Waals surface area contributed by atoms with Gasteiger partial charge < -0.3 is 11.1 Å². The lowest BCUT2D eigenvalue weighted by atomic mass is 9.92. The lowest BCUT2D eigenvalue weighted by Gasteiger charge is -2.34. The molecule has 6 nitrogen and oxygen atoms in total. The van der Waals surface area contributed by atoms with E-state index in [1.165, 1.54) is 6.42 Å². The van der Waals surface area contributed by atoms with Crippen LogP contribution in [-0.2, 0) is 6.54 Å². The second kappa shape index (κ2) is 7.13. The fourth-order valence-corrected chi connectivity index (χ4v) is 3.52. The molecular weight excluding hydrogens is 300 g/mol. The van der Waals surface area contributed by atoms with E-state index in [2.05, 4.69) is 39.0 Å². The molecule has 3 rings (SSSR count). The smallest absolute Gasteiger partial charge is 0.232 e. The highest BCUT2D eigenvalue weighted by Gasteiger charge is 2.22. The maximum Gasteiger partial charge on any atom is 0.232 e. The number of hydrogen-bond acceptors (Lipinski definition) is 6. The van der Waals surface area contributed by atoms with Gasteiger partial charge in [0.15, 0.2) is 0 Å². The molecule has 1 aromatic heterocycles. The Morgan fingerprint density at radius 1 is 1.12 bits per heavy atom. The molecule has 2 aromatic rings. The molecule has 2 atom stereocenters. The van der Waals surface area contributed by atoms with Crippen LogP contribution in [0.15, 0.2) is 24.3 Å². The molecule has 1 aliphatic rings. The first kappa shape index (κ1) is 16.6. The van der Waals surface area contributed by atoms with Gasteiger partial charge in [0.1, 0.15) is 5.82 Å². The number of rotatable bonds is 4. The fraction of sp³-hybridized carbons (Fsp3) is 0.500. The summed E-state index contributed by atoms with van der Waals surface area (Å²) in [5.41, 5.74) is 8.01. The van der Waals surface area contributed by atoms with Gasteiger partial charge in [-0.1, -0.05) is 32.0 Å². The summed E-state index contributed by atoms with van der Waals surface area (Å²) in [4.78, 5) is 15.5. The number of nitrogens with two attached hydrogens (primary N) is 1. The number of likely N-dealkylation sites (tertiary alicyclic amines) is 1. The van der Waals surface area contributed by atoms with Gasteiger partial charge in [0.2, 0.25) is 11.9 Å². The van der Waals surface area contributed by atoms with Gasteiger partial charge in [-0.15, -0.1) is 0 Å². The Labute approximate surface area is 143 Å². The SMILES string of the molecule is Cc1ccccc1Nc1nc(N)nc(CN2C[C@H](C)C[C@@H](C)C2)n1. The Bertz CT molecular complexity index is 692. The third-order valence-electron chi connectivity index (χ3n) is 4.40. The van der Waals surface area contributed by atoms with E-state index in [9.17, 15) is 0 Å². The summed E-state index contributed by atoms with van der Waals surface area (Å²) in [6.45, 7) is 9.52. The van der Waals surface area contributed by atoms with Gasteiger partial charge in [0.25, 0.3) is 0 Å². The summed E-state index contributed by atoms with van der Waals surface area (Å²) in [6.07, 6.45) is 1.29. The van der Waals surface area contributed by atoms with Crippen molar-refractivity contribution in [3.63, 3.8) is 0 Å². The lowest BCUT2D eigenvalue weighted by Crippen LogP contribution is -2.38. The average Bonchev–Trinajstić information content (AvgIpc) is 2.48. The number of anilines is 3. The molecular formula is C18H26N6. The summed E-state index contributed by atoms with van der Waals surface area (Å²) < 4.78 is 0. The number of nitrogens with zero attached hydrogens (tertiary/aromatic N) is 4. The van der Waals surface area contributed by atoms with Crippen molar-refractivity contribution < 1.29 is 0 Å². The summed E-state index contributed by atoms with van der Waals surface area (Å²) >= 11 is 0. The van der Waals surface area contributed by atoms with E-state index in [0.29, 0.717) is 24.3 Å². The van der Waals surface area contributed by atoms with Crippen molar-refractivity contribution in [3.8, 4) is 0 Å². The standard InChI is InChI=1S/C18H26N6/c1-12-8-13(2)10-24(9-12)11-16-21-17(19)23-18(22-16)20-15-7-5-4-6-14(15)3/h4-7,12-13H,8-11H2,1-3H3,(H3,19,20,21,22,23)/t12-,13-/m1/s1. The van der Waals surface area contributed by atoms with Gasteiger partial charge in [0, 0.05) is 18.8 Å². The van der Waals surface area contributed by atoms with Crippen LogP contribution in [0, 0.1) is 18.8 Å². The van der Waals surface area contributed by atoms with Gasteiger partial charge in [-0.2, -0.15) is 15.0 Å². The Morgan fingerprint density at radius 2 is 1.83 bits per heavy atom. The Kier molecular flexibility index (Phi) is 4.94. The Hall–Kier alpha value is -2.21. The zero-order valence-corrected chi connectivity index (χ0v) is 14.7. The molecule has 1 saturated heterocycles. The quantitative estimate of drug-likeness (QED) is 0.899. The van der Waals surface area contributed by atoms with Crippen LogP contribution in [0.4, 0.5) is 17.6 Å². The minimum absolute atomic E-state index is 0.259. The number of hydrogen-bond donors (Lipinski definition) is 2. The number of nitrogens with one attached hydrogen (secondary N) is 1. The normalized spacial score (nSPS) is 21.6. The highest BCUT2D eigenvalue weighted by atomic mass is 15.2. The monoisotopic (exact) mass is 326 g/mol. The van der Waals surface area contributed by atoms with E-state index in [1.807, 2.05) is 31.2 Å². The van der Waals surface area contributed by atoms with Crippen molar-refractivity contribution in [1.29, 1.82) is 0 Å². The molecule has 0 bridgehead atoms. The predicted octanol–water partition coefficient (Wildman–Crippen LogP) is 2.98. The maximum absolute atomic E-state index is 5.89. The van der Waals surface area contributed by atoms with Crippen LogP contribution in [0.5, 0.6) is 0 Å². The molecule has 128 valence electrons. The van der Waals surface area contributed by atoms with Gasteiger partial charge >= 0.3 is 0 Å². The lowest BCUT2D eigenvalue weighted by molar-refractivity contribution is 0.131. The van der Waals surface area contributed by atoms with Crippen molar-refractivity contribution in [1.82, 2.24) is 19.9 Å². The van der Waals surface area contributed by atoms with E-state index >= 15 is 0 Å². The second-order valence-electron chi connectivity index (χ2n) is 7.01. The molecule has 2 heterocycles. The van der Waals surface area contributed by atoms with E-state index in [-0.39, 0.29) is 5.95 Å². The van der Waals surface area contributed by atoms with Crippen LogP contribution in [0.25, 0.3) is 0 Å². The van der Waals surface area contributed by atoms with Crippen LogP contribution in [0.1, 0.15) is 31.7 Å². The van der Waals surface area contributed by atoms with Crippen molar-refractivity contribution in [2.24, 2.45) is 11.8 Å². The third-order valence-corrected chi connectivity index (χ3v) is 4.40. The second-order valence-corrected chi connectivity index (χ2v) is 7.01. The Balaban J connectivity index is 1.75. The van der Waals surface area contributed by atoms with Crippen LogP contribution in [0.3, 0.4) is 0 Å². The maximum atomic E-state index is 5.89. The molecule has 6 heteroatoms. The van der Waals surface area contributed by atoms with Crippen molar-refractivity contribution >= 4 is 17.6 Å². The first-order valence-electron chi connectivity index (χ1n) is 8.55. The van der Waals surface area contributed by atoms with Crippen molar-refractivity contribution in [3.05, 3.63) is 35.7 Å². The summed E-state index contributed by atoms with van der Waals surface area (Å²) in [5.74, 6) is 2.90. The van der Waals surface area contributed by atoms with Gasteiger partial charge in [-0.05, 0) is 36.8 Å². The molecule has 1 fully saturated rings. The van der Waals surface area contributed by atoms with E-state index in [0.717, 1.165) is 30.2 Å². The number of aromatic nitrogens is 3. The number of para-hydroxylation sites is 1. The van der Waals surface area contributed by atoms with Crippen LogP contribution < -0.4 is 11.1 Å². The van der Waals surface area contributed by atoms with Crippen molar-refractivity contribution in [2.45, 2.75) is 33.7 Å². The van der Waals surface area contributed by atoms with E-state index < -0.39 is 0 Å². The predicted molar refractivity (Wildman–Crippen MR) is 96.9 cm³/mol. The van der Waals surface area contributed by atoms with Crippen LogP contribution in [0.2, 0.25) is 0 Å². The fourth-order valence-electron chi connectivity index (χ4n) is 3.52. The topological polar surface area (TPSA) is 80.0 Å². The van der Waals surface area contributed by atoms with Gasteiger partial charge in [-0.25, -0.2) is 0 Å². The molecule has 0 unspecified atom stereocenters. The Morgan fingerprint density at radius 3 is 2.54 bits per heavy atom. The summed E-state index contributed by atoms with van der Waals surface area (Å²) in [6, 6.07) is 8.04. The zero-order chi connectivity index (χ0) is 17.1. The minimum Gasteiger partial charge on any atom is -0.368 e. The number of piperidine rings is 1. The van der Waals surface area contributed by atoms with Crippen LogP contribution in [-0.4, -0.2) is 32.9 Å². The molecule has 3 N–H and O–H groups in total. The van der Waals surface area contributed by atoms with Gasteiger partial charge in [0.05, 0.1) is 6.54 Å². The summed E-state index contributed by atoms with van der Waals surface area (Å²) in [7, 11) is 0. The van der Waals surface area contributed by atoms with E-state index in [1.54, 1.807) is 0 Å². The largest absolute Gasteiger partial charge is 0.368 e. The molecule has 24 heavy (non-hydrogen) atoms. The first-order chi connectivity index (χ1) is 11.5. The highest BCUT2D eigenvalue weighted by Crippen LogP contribution is 2.22. The van der Waals surface area contributed by atoms with Crippen molar-refractivity contribution in [2.75, 3.05) is 24.1 Å². The summed E-state index contributed by atoms with van der Waals surface area (Å²) in [5, 5.41) is 3.25. The number of nitrogen functional groups attached to an aromatic ring is 1. The molecule has 1 aromatic carbocycles. The molecule has 0 saturated carbocycles. The molecule has 0 spiro atoms. The molecule has 0 aliphatic carbocycles.